The molecule has 0 aromatic heterocycles. The van der Waals surface area contributed by atoms with Crippen LogP contribution in [0, 0.1) is 36.5 Å². The van der Waals surface area contributed by atoms with Crippen LogP contribution in [0.3, 0.4) is 0 Å². The van der Waals surface area contributed by atoms with Crippen LogP contribution in [0.15, 0.2) is 57.5 Å². The van der Waals surface area contributed by atoms with E-state index in [1.807, 2.05) is 0 Å². The van der Waals surface area contributed by atoms with E-state index in [1.54, 1.807) is 45.9 Å². The van der Waals surface area contributed by atoms with Crippen molar-refractivity contribution in [3.8, 4) is 28.7 Å². The topological polar surface area (TPSA) is 326 Å². The van der Waals surface area contributed by atoms with Crippen molar-refractivity contribution in [2.45, 2.75) is 137 Å². The number of hydrogen-bond donors (Lipinski definition) is 5. The molecule has 1 aliphatic carbocycles. The largest absolute Gasteiger partial charge is 0.507 e. The number of rotatable bonds is 17. The first-order valence-electron chi connectivity index (χ1n) is 29.0. The fraction of sp³-hybridized carbons (Fsp3) is 0.541. The predicted octanol–water partition coefficient (Wildman–Crippen LogP) is 8.46. The number of Topliss-reactive ketones (excluding diaryl/α,β-unsaturated/α-hetero) is 1. The van der Waals surface area contributed by atoms with Crippen molar-refractivity contribution >= 4 is 85.7 Å². The molecule has 0 spiro atoms. The molecule has 2 aromatic carbocycles. The number of phenols is 2. The molecule has 470 valence electrons. The SMILES string of the molecule is CO[C@H]1/C=C/O[C@@]2(C)Oc3c(C)c(O)c4c(=O)c(c5oc6cc(N7CCN(CC(C)C)CC7)cc(O)c6nc-5c4c3C2=O)NC(=O)/C(C)=C\C=C\[C@H](C)[C@H](OC(=O)CCCCOC(=O)CCC(=O)NC(P=O)P=O)[C@@H](C)[C@@H](O)[C@@H](C)[C@H](OC(C)=O)[C@@H]1C. The van der Waals surface area contributed by atoms with Gasteiger partial charge in [0, 0.05) is 125 Å². The monoisotopic (exact) mass is 1250 g/mol. The van der Waals surface area contributed by atoms with Crippen molar-refractivity contribution in [3.63, 3.8) is 0 Å². The Balaban J connectivity index is 1.27. The Morgan fingerprint density at radius 2 is 1.59 bits per heavy atom. The van der Waals surface area contributed by atoms with E-state index in [9.17, 15) is 48.4 Å². The molecular weight excluding hydrogens is 1170 g/mol. The zero-order valence-corrected chi connectivity index (χ0v) is 52.5. The van der Waals surface area contributed by atoms with Gasteiger partial charge in [0.05, 0.1) is 42.4 Å². The van der Waals surface area contributed by atoms with Crippen LogP contribution in [-0.2, 0) is 56.8 Å². The van der Waals surface area contributed by atoms with Gasteiger partial charge in [-0.3, -0.25) is 47.6 Å². The minimum absolute atomic E-state index is 0.0140. The van der Waals surface area contributed by atoms with Gasteiger partial charge < -0.3 is 63.7 Å². The first kappa shape index (κ1) is 67.2. The van der Waals surface area contributed by atoms with Crippen LogP contribution in [0.4, 0.5) is 11.4 Å². The van der Waals surface area contributed by atoms with Crippen LogP contribution >= 0.6 is 16.9 Å². The summed E-state index contributed by atoms with van der Waals surface area (Å²) in [4.78, 5) is 105. The molecule has 9 atom stereocenters. The number of phenolic OH excluding ortho intramolecular Hbond substituents is 2. The lowest BCUT2D eigenvalue weighted by Crippen LogP contribution is -2.47. The highest BCUT2D eigenvalue weighted by molar-refractivity contribution is 7.44. The van der Waals surface area contributed by atoms with E-state index in [4.69, 9.17) is 37.8 Å². The van der Waals surface area contributed by atoms with Crippen LogP contribution < -0.4 is 25.7 Å². The number of amides is 2. The molecule has 1 fully saturated rings. The van der Waals surface area contributed by atoms with Crippen molar-refractivity contribution in [3.05, 3.63) is 69.6 Å². The van der Waals surface area contributed by atoms with Gasteiger partial charge in [0.25, 0.3) is 11.7 Å². The number of hydrogen-bond acceptors (Lipinski definition) is 22. The molecule has 0 radical (unpaired) electrons. The predicted molar refractivity (Wildman–Crippen MR) is 321 cm³/mol. The maximum absolute atomic E-state index is 15.1. The molecule has 2 amide bonds. The van der Waals surface area contributed by atoms with Gasteiger partial charge >= 0.3 is 23.7 Å². The van der Waals surface area contributed by atoms with E-state index in [-0.39, 0.29) is 94.9 Å². The van der Waals surface area contributed by atoms with Crippen LogP contribution in [-0.4, -0.2) is 143 Å². The van der Waals surface area contributed by atoms with Crippen LogP contribution in [0.1, 0.15) is 110 Å². The third kappa shape index (κ3) is 15.3. The number of carbonyl (C=O) groups is 6. The molecule has 4 bridgehead atoms. The van der Waals surface area contributed by atoms with Crippen LogP contribution in [0.2, 0.25) is 0 Å². The van der Waals surface area contributed by atoms with Crippen molar-refractivity contribution in [1.82, 2.24) is 15.2 Å². The molecule has 5 N–H and O–H groups in total. The second-order valence-corrected chi connectivity index (χ2v) is 24.9. The molecular formula is C61H77N5O19P2. The zero-order chi connectivity index (χ0) is 63.8. The minimum Gasteiger partial charge on any atom is -0.507 e. The molecule has 24 nitrogen and oxygen atoms in total. The number of aromatic nitrogens is 1. The summed E-state index contributed by atoms with van der Waals surface area (Å²) in [7, 11) is 0.288. The van der Waals surface area contributed by atoms with Gasteiger partial charge in [0.15, 0.2) is 33.8 Å². The molecule has 87 heavy (non-hydrogen) atoms. The average molecular weight is 1250 g/mol. The number of carbonyl (C=O) groups excluding carboxylic acids is 6. The van der Waals surface area contributed by atoms with Gasteiger partial charge in [-0.1, -0.05) is 59.8 Å². The number of ether oxygens (including phenoxy) is 6. The van der Waals surface area contributed by atoms with Gasteiger partial charge in [-0.05, 0) is 38.7 Å². The maximum Gasteiger partial charge on any atom is 0.312 e. The number of aromatic hydroxyl groups is 2. The number of allylic oxidation sites excluding steroid dienone is 2. The average Bonchev–Trinajstić information content (AvgIpc) is 1.68. The lowest BCUT2D eigenvalue weighted by Gasteiger charge is -2.39. The number of benzene rings is 3. The van der Waals surface area contributed by atoms with E-state index in [0.717, 1.165) is 19.6 Å². The van der Waals surface area contributed by atoms with Crippen molar-refractivity contribution in [2.75, 3.05) is 56.7 Å². The fourth-order valence-corrected chi connectivity index (χ4v) is 11.9. The van der Waals surface area contributed by atoms with Gasteiger partial charge in [-0.15, -0.1) is 0 Å². The van der Waals surface area contributed by atoms with Crippen LogP contribution in [0.5, 0.6) is 17.2 Å². The maximum atomic E-state index is 15.1. The molecule has 1 saturated heterocycles. The number of methoxy groups -OCH3 is 1. The van der Waals surface area contributed by atoms with Crippen LogP contribution in [0.25, 0.3) is 33.3 Å². The van der Waals surface area contributed by atoms with Crippen molar-refractivity contribution in [2.24, 2.45) is 29.6 Å². The molecule has 0 saturated carbocycles. The zero-order valence-electron chi connectivity index (χ0n) is 50.7. The molecule has 26 heteroatoms. The van der Waals surface area contributed by atoms with E-state index < -0.39 is 134 Å². The van der Waals surface area contributed by atoms with Gasteiger partial charge in [0.1, 0.15) is 46.4 Å². The number of nitrogens with zero attached hydrogens (tertiary/aromatic N) is 3. The van der Waals surface area contributed by atoms with Crippen molar-refractivity contribution in [1.29, 1.82) is 0 Å². The Morgan fingerprint density at radius 3 is 2.24 bits per heavy atom. The second-order valence-electron chi connectivity index (χ2n) is 23.0. The third-order valence-electron chi connectivity index (χ3n) is 16.1. The number of anilines is 2. The number of unbranched alkanes of at least 4 members (excludes halogenated alkanes) is 1. The highest BCUT2D eigenvalue weighted by Crippen LogP contribution is 2.51. The second kappa shape index (κ2) is 29.1. The Hall–Kier alpha value is -7.36. The molecule has 2 aromatic rings. The summed E-state index contributed by atoms with van der Waals surface area (Å²) in [5.74, 6) is -10.4. The van der Waals surface area contributed by atoms with E-state index in [1.165, 1.54) is 59.3 Å². The minimum atomic E-state index is -2.16. The summed E-state index contributed by atoms with van der Waals surface area (Å²) in [6, 6.07) is 3.23. The molecule has 4 aliphatic heterocycles. The Kier molecular flexibility index (Phi) is 22.5. The van der Waals surface area contributed by atoms with Crippen molar-refractivity contribution < 1.29 is 86.1 Å². The number of aliphatic hydroxyl groups is 1. The summed E-state index contributed by atoms with van der Waals surface area (Å²) in [5.41, 5.74) is -2.25. The Labute approximate surface area is 506 Å². The molecule has 4 heterocycles. The molecule has 0 unspecified atom stereocenters. The number of piperazine rings is 1. The summed E-state index contributed by atoms with van der Waals surface area (Å²) in [6.07, 6.45) is 2.63. The quantitative estimate of drug-likeness (QED) is 0.0165. The Bertz CT molecular complexity index is 3400. The van der Waals surface area contributed by atoms with Gasteiger partial charge in [-0.2, -0.15) is 0 Å². The highest BCUT2D eigenvalue weighted by Gasteiger charge is 2.50. The Morgan fingerprint density at radius 1 is 0.897 bits per heavy atom. The standard InChI is InChI=1S/C61H77N5O19P2/c1-30(2)29-65-21-23-66(24-22-65)38-27-39(68)48-41(28-38)83-57-49(63-48)45-46-52(73)36(8)56-47(45)58(75)61(10,85-56)81-26-20-40(79-11)33(5)55(82-37(9)67)35(7)51(72)34(6)54(31(3)15-14-16-32(4)59(76)64-50(57)53(46)74)84-44(71)17-12-13-25-80-43(70)19-18-42(69)62-60(86-77)87-78/h14-16,20,26-28,30-31,33-35,40,51,54-55,60,68,72-73H,12-13,17-19,21-25,29H2,1-11H3,(H,62,69)(H,64,76)/b15-14+,26-20+,32-16-/t31-,33+,34-,35+,40-,51+,54-,55+,61-/m0/s1. The summed E-state index contributed by atoms with van der Waals surface area (Å²) in [5, 5.41) is 40.3. The summed E-state index contributed by atoms with van der Waals surface area (Å²) < 4.78 is 64.1. The highest BCUT2D eigenvalue weighted by atomic mass is 31.1. The number of aliphatic hydroxyl groups excluding tert-OH is 1. The third-order valence-corrected chi connectivity index (χ3v) is 17.3. The van der Waals surface area contributed by atoms with Gasteiger partial charge in [-0.25, -0.2) is 4.98 Å². The fourth-order valence-electron chi connectivity index (χ4n) is 11.3. The number of esters is 3. The first-order chi connectivity index (χ1) is 41.2. The molecule has 5 aliphatic rings. The van der Waals surface area contributed by atoms with Gasteiger partial charge in [0.2, 0.25) is 11.3 Å². The normalized spacial score (nSPS) is 25.9. The number of fused-ring (bicyclic) bond motifs is 2. The lowest BCUT2D eigenvalue weighted by atomic mass is 9.78. The molecule has 7 rings (SSSR count). The van der Waals surface area contributed by atoms with E-state index in [2.05, 4.69) is 34.3 Å². The smallest absolute Gasteiger partial charge is 0.312 e. The van der Waals surface area contributed by atoms with E-state index >= 15 is 9.59 Å². The lowest BCUT2D eigenvalue weighted by molar-refractivity contribution is -0.165. The van der Waals surface area contributed by atoms with E-state index in [0.29, 0.717) is 24.7 Å². The number of ketones is 1. The number of nitrogens with one attached hydrogen (secondary N) is 2. The first-order valence-corrected chi connectivity index (χ1v) is 30.7. The summed E-state index contributed by atoms with van der Waals surface area (Å²) >= 11 is 0. The summed E-state index contributed by atoms with van der Waals surface area (Å²) in [6.45, 7) is 20.2.